The van der Waals surface area contributed by atoms with Crippen molar-refractivity contribution in [3.05, 3.63) is 29.3 Å². The molecule has 2 unspecified atom stereocenters. The minimum absolute atomic E-state index is 0.0458. The second kappa shape index (κ2) is 6.17. The molecule has 1 amide bonds. The standard InChI is InChI=1S/C16H19NO5/c1-8(2)14-11-7-10(15(20)9(3)6-13(18)19)4-5-12(11)22-17-16(14)21/h4-5,7-9,14H,6H2,1-3H3,(H,17,21)(H,18,19). The molecule has 1 heterocycles. The van der Waals surface area contributed by atoms with Crippen molar-refractivity contribution in [2.75, 3.05) is 0 Å². The van der Waals surface area contributed by atoms with Crippen LogP contribution in [0.5, 0.6) is 5.75 Å². The van der Waals surface area contributed by atoms with E-state index in [1.54, 1.807) is 25.1 Å². The highest BCUT2D eigenvalue weighted by molar-refractivity contribution is 6.00. The van der Waals surface area contributed by atoms with Crippen molar-refractivity contribution < 1.29 is 24.3 Å². The fraction of sp³-hybridized carbons (Fsp3) is 0.438. The summed E-state index contributed by atoms with van der Waals surface area (Å²) in [5.74, 6) is -1.96. The van der Waals surface area contributed by atoms with Crippen LogP contribution in [-0.4, -0.2) is 22.8 Å². The molecule has 0 aliphatic carbocycles. The Morgan fingerprint density at radius 1 is 1.32 bits per heavy atom. The first-order chi connectivity index (χ1) is 10.3. The van der Waals surface area contributed by atoms with Crippen molar-refractivity contribution in [2.24, 2.45) is 11.8 Å². The number of aliphatic carboxylic acids is 1. The van der Waals surface area contributed by atoms with Gasteiger partial charge in [-0.15, -0.1) is 0 Å². The van der Waals surface area contributed by atoms with Crippen molar-refractivity contribution in [3.8, 4) is 5.75 Å². The highest BCUT2D eigenvalue weighted by Gasteiger charge is 2.32. The fourth-order valence-corrected chi connectivity index (χ4v) is 2.65. The molecule has 22 heavy (non-hydrogen) atoms. The van der Waals surface area contributed by atoms with E-state index in [0.717, 1.165) is 0 Å². The summed E-state index contributed by atoms with van der Waals surface area (Å²) in [5, 5.41) is 8.80. The highest BCUT2D eigenvalue weighted by Crippen LogP contribution is 2.36. The van der Waals surface area contributed by atoms with E-state index in [1.165, 1.54) is 0 Å². The van der Waals surface area contributed by atoms with Gasteiger partial charge < -0.3 is 9.94 Å². The van der Waals surface area contributed by atoms with E-state index in [0.29, 0.717) is 16.9 Å². The molecular weight excluding hydrogens is 286 g/mol. The Hall–Kier alpha value is -2.37. The molecule has 0 aromatic heterocycles. The topological polar surface area (TPSA) is 92.7 Å². The number of fused-ring (bicyclic) bond motifs is 1. The first-order valence-corrected chi connectivity index (χ1v) is 7.18. The summed E-state index contributed by atoms with van der Waals surface area (Å²) in [5.41, 5.74) is 3.42. The Balaban J connectivity index is 2.36. The summed E-state index contributed by atoms with van der Waals surface area (Å²) in [7, 11) is 0. The van der Waals surface area contributed by atoms with Crippen LogP contribution < -0.4 is 10.3 Å². The molecule has 6 heteroatoms. The number of nitrogens with one attached hydrogen (secondary N) is 1. The van der Waals surface area contributed by atoms with Crippen molar-refractivity contribution in [3.63, 3.8) is 0 Å². The average molecular weight is 305 g/mol. The van der Waals surface area contributed by atoms with Gasteiger partial charge in [0.15, 0.2) is 11.5 Å². The first kappa shape index (κ1) is 16.0. The normalized spacial score (nSPS) is 18.2. The molecule has 2 atom stereocenters. The predicted molar refractivity (Wildman–Crippen MR) is 78.5 cm³/mol. The molecule has 2 N–H and O–H groups in total. The molecule has 1 aliphatic rings. The van der Waals surface area contributed by atoms with Crippen LogP contribution in [0.25, 0.3) is 0 Å². The number of ketones is 1. The van der Waals surface area contributed by atoms with E-state index in [4.69, 9.17) is 9.94 Å². The molecule has 1 aromatic rings. The van der Waals surface area contributed by atoms with E-state index in [9.17, 15) is 14.4 Å². The lowest BCUT2D eigenvalue weighted by atomic mass is 9.84. The Morgan fingerprint density at radius 2 is 2.00 bits per heavy atom. The van der Waals surface area contributed by atoms with Gasteiger partial charge >= 0.3 is 5.97 Å². The smallest absolute Gasteiger partial charge is 0.304 e. The molecule has 1 aliphatic heterocycles. The second-order valence-electron chi connectivity index (χ2n) is 5.91. The summed E-state index contributed by atoms with van der Waals surface area (Å²) in [6.07, 6.45) is -0.222. The highest BCUT2D eigenvalue weighted by atomic mass is 16.7. The monoisotopic (exact) mass is 305 g/mol. The van der Waals surface area contributed by atoms with E-state index >= 15 is 0 Å². The Labute approximate surface area is 128 Å². The maximum Gasteiger partial charge on any atom is 0.304 e. The molecule has 1 aromatic carbocycles. The third-order valence-electron chi connectivity index (χ3n) is 3.77. The van der Waals surface area contributed by atoms with Crippen LogP contribution in [0.3, 0.4) is 0 Å². The number of hydroxylamine groups is 1. The van der Waals surface area contributed by atoms with Gasteiger partial charge in [-0.3, -0.25) is 14.4 Å². The predicted octanol–water partition coefficient (Wildman–Crippen LogP) is 2.14. The number of hydrogen-bond acceptors (Lipinski definition) is 4. The largest absolute Gasteiger partial charge is 0.481 e. The third-order valence-corrected chi connectivity index (χ3v) is 3.77. The van der Waals surface area contributed by atoms with Crippen molar-refractivity contribution in [1.82, 2.24) is 5.48 Å². The Kier molecular flexibility index (Phi) is 4.49. The molecular formula is C16H19NO5. The van der Waals surface area contributed by atoms with E-state index < -0.39 is 17.8 Å². The summed E-state index contributed by atoms with van der Waals surface area (Å²) in [6.45, 7) is 5.42. The SMILES string of the molecule is CC(CC(=O)O)C(=O)c1ccc2c(c1)C(C(C)C)C(=O)NO2. The van der Waals surface area contributed by atoms with Crippen LogP contribution in [0.15, 0.2) is 18.2 Å². The number of carbonyl (C=O) groups excluding carboxylic acids is 2. The number of benzene rings is 1. The van der Waals surface area contributed by atoms with E-state index in [-0.39, 0.29) is 24.0 Å². The summed E-state index contributed by atoms with van der Waals surface area (Å²) < 4.78 is 0. The van der Waals surface area contributed by atoms with Crippen LogP contribution in [0.2, 0.25) is 0 Å². The molecule has 0 saturated heterocycles. The molecule has 0 spiro atoms. The number of rotatable bonds is 5. The first-order valence-electron chi connectivity index (χ1n) is 7.18. The third kappa shape index (κ3) is 3.10. The number of hydrogen-bond donors (Lipinski definition) is 2. The molecule has 0 bridgehead atoms. The van der Waals surface area contributed by atoms with Crippen molar-refractivity contribution in [2.45, 2.75) is 33.1 Å². The second-order valence-corrected chi connectivity index (χ2v) is 5.91. The zero-order valence-electron chi connectivity index (χ0n) is 12.8. The lowest BCUT2D eigenvalue weighted by Gasteiger charge is -2.28. The Morgan fingerprint density at radius 3 is 2.59 bits per heavy atom. The van der Waals surface area contributed by atoms with Crippen molar-refractivity contribution in [1.29, 1.82) is 0 Å². The van der Waals surface area contributed by atoms with Gasteiger partial charge in [0.05, 0.1) is 12.3 Å². The summed E-state index contributed by atoms with van der Waals surface area (Å²) in [6, 6.07) is 4.86. The van der Waals surface area contributed by atoms with Crippen molar-refractivity contribution >= 4 is 17.7 Å². The quantitative estimate of drug-likeness (QED) is 0.813. The van der Waals surface area contributed by atoms with Crippen LogP contribution in [-0.2, 0) is 9.59 Å². The molecule has 0 saturated carbocycles. The minimum Gasteiger partial charge on any atom is -0.481 e. The molecule has 118 valence electrons. The van der Waals surface area contributed by atoms with Gasteiger partial charge in [0.1, 0.15) is 0 Å². The maximum atomic E-state index is 12.3. The zero-order valence-corrected chi connectivity index (χ0v) is 12.8. The van der Waals surface area contributed by atoms with Crippen LogP contribution in [0, 0.1) is 11.8 Å². The zero-order chi connectivity index (χ0) is 16.4. The maximum absolute atomic E-state index is 12.3. The van der Waals surface area contributed by atoms with E-state index in [2.05, 4.69) is 5.48 Å². The molecule has 6 nitrogen and oxygen atoms in total. The summed E-state index contributed by atoms with van der Waals surface area (Å²) in [4.78, 5) is 40.2. The van der Waals surface area contributed by atoms with Gasteiger partial charge in [0.2, 0.25) is 0 Å². The van der Waals surface area contributed by atoms with Crippen LogP contribution >= 0.6 is 0 Å². The number of carbonyl (C=O) groups is 3. The number of Topliss-reactive ketones (excluding diaryl/α,β-unsaturated/α-hetero) is 1. The molecule has 2 rings (SSSR count). The molecule has 0 fully saturated rings. The fourth-order valence-electron chi connectivity index (χ4n) is 2.65. The van der Waals surface area contributed by atoms with Gasteiger partial charge in [-0.05, 0) is 24.1 Å². The lowest BCUT2D eigenvalue weighted by molar-refractivity contribution is -0.137. The molecule has 0 radical (unpaired) electrons. The lowest BCUT2D eigenvalue weighted by Crippen LogP contribution is -2.39. The van der Waals surface area contributed by atoms with Gasteiger partial charge in [-0.1, -0.05) is 20.8 Å². The average Bonchev–Trinajstić information content (AvgIpc) is 2.44. The van der Waals surface area contributed by atoms with E-state index in [1.807, 2.05) is 13.8 Å². The number of carboxylic acids is 1. The van der Waals surface area contributed by atoms with Gasteiger partial charge in [0.25, 0.3) is 5.91 Å². The van der Waals surface area contributed by atoms with Crippen LogP contribution in [0.1, 0.15) is 49.0 Å². The Bertz CT molecular complexity index is 623. The number of carboxylic acid groups (broad SMARTS) is 1. The van der Waals surface area contributed by atoms with Gasteiger partial charge in [-0.25, -0.2) is 0 Å². The van der Waals surface area contributed by atoms with Gasteiger partial charge in [-0.2, -0.15) is 5.48 Å². The minimum atomic E-state index is -1.01. The van der Waals surface area contributed by atoms with Crippen LogP contribution in [0.4, 0.5) is 0 Å². The summed E-state index contributed by atoms with van der Waals surface area (Å²) >= 11 is 0. The number of amides is 1. The van der Waals surface area contributed by atoms with Gasteiger partial charge in [0, 0.05) is 17.0 Å².